The zero-order valence-corrected chi connectivity index (χ0v) is 15.2. The lowest BCUT2D eigenvalue weighted by Crippen LogP contribution is -2.36. The molecule has 1 aliphatic heterocycles. The third-order valence-corrected chi connectivity index (χ3v) is 5.05. The number of hydrogen-bond donors (Lipinski definition) is 2. The zero-order chi connectivity index (χ0) is 18.0. The minimum absolute atomic E-state index is 0.0437. The van der Waals surface area contributed by atoms with Gasteiger partial charge in [-0.2, -0.15) is 0 Å². The first kappa shape index (κ1) is 17.8. The van der Waals surface area contributed by atoms with Crippen molar-refractivity contribution in [1.82, 2.24) is 5.32 Å². The number of hydrogen-bond acceptors (Lipinski definition) is 2. The quantitative estimate of drug-likeness (QED) is 0.833. The Morgan fingerprint density at radius 3 is 2.60 bits per heavy atom. The van der Waals surface area contributed by atoms with Gasteiger partial charge in [0.05, 0.1) is 5.92 Å². The van der Waals surface area contributed by atoms with Crippen LogP contribution in [0.5, 0.6) is 0 Å². The first-order valence-electron chi connectivity index (χ1n) is 8.07. The average Bonchev–Trinajstić information content (AvgIpc) is 2.58. The molecule has 25 heavy (non-hydrogen) atoms. The molecule has 0 aromatic heterocycles. The van der Waals surface area contributed by atoms with E-state index in [2.05, 4.69) is 10.6 Å². The van der Waals surface area contributed by atoms with Crippen LogP contribution in [0.15, 0.2) is 42.5 Å². The molecule has 0 saturated carbocycles. The fourth-order valence-corrected chi connectivity index (χ4v) is 3.88. The van der Waals surface area contributed by atoms with E-state index in [1.807, 2.05) is 25.1 Å². The van der Waals surface area contributed by atoms with E-state index in [0.717, 1.165) is 11.1 Å². The maximum atomic E-state index is 12.7. The van der Waals surface area contributed by atoms with Crippen molar-refractivity contribution in [1.29, 1.82) is 0 Å². The summed E-state index contributed by atoms with van der Waals surface area (Å²) in [5.74, 6) is -0.852. The Kier molecular flexibility index (Phi) is 5.30. The van der Waals surface area contributed by atoms with E-state index in [4.69, 9.17) is 23.2 Å². The molecule has 0 fully saturated rings. The number of rotatable bonds is 4. The molecule has 4 nitrogen and oxygen atoms in total. The number of nitrogens with one attached hydrogen (secondary N) is 2. The molecule has 2 amide bonds. The van der Waals surface area contributed by atoms with Crippen LogP contribution in [0.4, 0.5) is 5.69 Å². The van der Waals surface area contributed by atoms with Gasteiger partial charge in [-0.05, 0) is 29.3 Å². The molecule has 0 spiro atoms. The molecule has 2 atom stereocenters. The van der Waals surface area contributed by atoms with E-state index in [9.17, 15) is 9.59 Å². The highest BCUT2D eigenvalue weighted by Crippen LogP contribution is 2.33. The molecule has 2 aromatic carbocycles. The maximum Gasteiger partial charge on any atom is 0.228 e. The lowest BCUT2D eigenvalue weighted by Gasteiger charge is -2.25. The number of carbonyl (C=O) groups excluding carboxylic acids is 2. The van der Waals surface area contributed by atoms with Crippen LogP contribution in [0.25, 0.3) is 0 Å². The standard InChI is InChI=1S/C19H18Cl2N2O2/c1-11(18-14(20)6-4-7-15(18)21)10-22-19(25)13-9-17(24)23-16-8-3-2-5-12(13)16/h2-8,11,13H,9-10H2,1H3,(H,22,25)(H,23,24). The third-order valence-electron chi connectivity index (χ3n) is 4.39. The van der Waals surface area contributed by atoms with Crippen molar-refractivity contribution in [3.63, 3.8) is 0 Å². The predicted molar refractivity (Wildman–Crippen MR) is 100 cm³/mol. The second kappa shape index (κ2) is 7.46. The number of benzene rings is 2. The van der Waals surface area contributed by atoms with Crippen LogP contribution in [-0.2, 0) is 9.59 Å². The summed E-state index contributed by atoms with van der Waals surface area (Å²) in [5, 5.41) is 6.89. The van der Waals surface area contributed by atoms with Crippen molar-refractivity contribution in [2.45, 2.75) is 25.2 Å². The molecule has 0 bridgehead atoms. The fraction of sp³-hybridized carbons (Fsp3) is 0.263. The van der Waals surface area contributed by atoms with Crippen LogP contribution < -0.4 is 10.6 Å². The summed E-state index contributed by atoms with van der Waals surface area (Å²) >= 11 is 12.4. The van der Waals surface area contributed by atoms with Gasteiger partial charge in [0.1, 0.15) is 0 Å². The highest BCUT2D eigenvalue weighted by atomic mass is 35.5. The maximum absolute atomic E-state index is 12.7. The lowest BCUT2D eigenvalue weighted by atomic mass is 9.89. The number of amides is 2. The summed E-state index contributed by atoms with van der Waals surface area (Å²) < 4.78 is 0. The first-order valence-corrected chi connectivity index (χ1v) is 8.83. The van der Waals surface area contributed by atoms with Gasteiger partial charge in [0, 0.05) is 34.6 Å². The lowest BCUT2D eigenvalue weighted by molar-refractivity contribution is -0.126. The number of carbonyl (C=O) groups is 2. The van der Waals surface area contributed by atoms with Crippen molar-refractivity contribution < 1.29 is 9.59 Å². The summed E-state index contributed by atoms with van der Waals surface area (Å²) in [5.41, 5.74) is 2.34. The summed E-state index contributed by atoms with van der Waals surface area (Å²) in [6.45, 7) is 2.34. The predicted octanol–water partition coefficient (Wildman–Crippen LogP) is 4.34. The Morgan fingerprint density at radius 2 is 1.88 bits per heavy atom. The zero-order valence-electron chi connectivity index (χ0n) is 13.7. The first-order chi connectivity index (χ1) is 12.0. The van der Waals surface area contributed by atoms with Crippen LogP contribution in [0.3, 0.4) is 0 Å². The molecule has 2 unspecified atom stereocenters. The molecule has 3 rings (SSSR count). The van der Waals surface area contributed by atoms with Crippen LogP contribution in [0.1, 0.15) is 36.3 Å². The second-order valence-electron chi connectivity index (χ2n) is 6.17. The minimum Gasteiger partial charge on any atom is -0.355 e. The summed E-state index contributed by atoms with van der Waals surface area (Å²) in [6, 6.07) is 12.7. The van der Waals surface area contributed by atoms with Gasteiger partial charge in [0.25, 0.3) is 0 Å². The number of fused-ring (bicyclic) bond motifs is 1. The molecule has 2 aromatic rings. The fourth-order valence-electron chi connectivity index (χ4n) is 3.11. The van der Waals surface area contributed by atoms with Crippen LogP contribution >= 0.6 is 23.2 Å². The number of para-hydroxylation sites is 1. The monoisotopic (exact) mass is 376 g/mol. The van der Waals surface area contributed by atoms with Crippen molar-refractivity contribution in [2.24, 2.45) is 0 Å². The van der Waals surface area contributed by atoms with Gasteiger partial charge in [-0.25, -0.2) is 0 Å². The van der Waals surface area contributed by atoms with Gasteiger partial charge in [-0.1, -0.05) is 54.4 Å². The highest BCUT2D eigenvalue weighted by molar-refractivity contribution is 6.36. The van der Waals surface area contributed by atoms with E-state index in [-0.39, 0.29) is 24.2 Å². The molecule has 1 heterocycles. The van der Waals surface area contributed by atoms with Gasteiger partial charge in [-0.3, -0.25) is 9.59 Å². The van der Waals surface area contributed by atoms with Crippen molar-refractivity contribution >= 4 is 40.7 Å². The van der Waals surface area contributed by atoms with Gasteiger partial charge < -0.3 is 10.6 Å². The van der Waals surface area contributed by atoms with Gasteiger partial charge in [-0.15, -0.1) is 0 Å². The molecule has 0 aliphatic carbocycles. The molecular formula is C19H18Cl2N2O2. The van der Waals surface area contributed by atoms with Crippen molar-refractivity contribution in [3.8, 4) is 0 Å². The average molecular weight is 377 g/mol. The summed E-state index contributed by atoms with van der Waals surface area (Å²) in [4.78, 5) is 24.5. The largest absolute Gasteiger partial charge is 0.355 e. The Labute approximate surface area is 156 Å². The van der Waals surface area contributed by atoms with E-state index in [1.165, 1.54) is 0 Å². The highest BCUT2D eigenvalue weighted by Gasteiger charge is 2.30. The van der Waals surface area contributed by atoms with Gasteiger partial charge in [0.2, 0.25) is 11.8 Å². The Balaban J connectivity index is 1.72. The van der Waals surface area contributed by atoms with Crippen LogP contribution in [0, 0.1) is 0 Å². The topological polar surface area (TPSA) is 58.2 Å². The number of halogens is 2. The molecule has 2 N–H and O–H groups in total. The molecule has 0 saturated heterocycles. The normalized spacial score (nSPS) is 17.4. The van der Waals surface area contributed by atoms with Gasteiger partial charge in [0.15, 0.2) is 0 Å². The smallest absolute Gasteiger partial charge is 0.228 e. The summed E-state index contributed by atoms with van der Waals surface area (Å²) in [6.07, 6.45) is 0.143. The minimum atomic E-state index is -0.487. The van der Waals surface area contributed by atoms with E-state index in [1.54, 1.807) is 24.3 Å². The molecular weight excluding hydrogens is 359 g/mol. The second-order valence-corrected chi connectivity index (χ2v) is 6.99. The molecule has 1 aliphatic rings. The van der Waals surface area contributed by atoms with Gasteiger partial charge >= 0.3 is 0 Å². The van der Waals surface area contributed by atoms with Crippen molar-refractivity contribution in [3.05, 3.63) is 63.6 Å². The Bertz CT molecular complexity index is 803. The van der Waals surface area contributed by atoms with Crippen molar-refractivity contribution in [2.75, 3.05) is 11.9 Å². The number of anilines is 1. The molecule has 0 radical (unpaired) electrons. The Morgan fingerprint density at radius 1 is 1.20 bits per heavy atom. The van der Waals surface area contributed by atoms with E-state index in [0.29, 0.717) is 22.3 Å². The van der Waals surface area contributed by atoms with Crippen LogP contribution in [0.2, 0.25) is 10.0 Å². The molecule has 130 valence electrons. The van der Waals surface area contributed by atoms with E-state index >= 15 is 0 Å². The van der Waals surface area contributed by atoms with E-state index < -0.39 is 5.92 Å². The third kappa shape index (κ3) is 3.80. The summed E-state index contributed by atoms with van der Waals surface area (Å²) in [7, 11) is 0. The Hall–Kier alpha value is -2.04. The van der Waals surface area contributed by atoms with Crippen LogP contribution in [-0.4, -0.2) is 18.4 Å². The SMILES string of the molecule is CC(CNC(=O)C1CC(=O)Nc2ccccc21)c1c(Cl)cccc1Cl. The molecule has 6 heteroatoms.